The molecule has 0 bridgehead atoms. The molecular formula is C66H48N4. The molecule has 70 heavy (non-hydrogen) atoms. The largest absolute Gasteiger partial charge is 0.310 e. The van der Waals surface area contributed by atoms with Gasteiger partial charge < -0.3 is 19.3 Å². The molecule has 0 aliphatic heterocycles. The van der Waals surface area contributed by atoms with Crippen molar-refractivity contribution in [1.29, 1.82) is 0 Å². The second kappa shape index (κ2) is 17.5. The Morgan fingerprint density at radius 3 is 1.31 bits per heavy atom. The zero-order valence-electron chi connectivity index (χ0n) is 38.6. The van der Waals surface area contributed by atoms with Crippen LogP contribution in [0.5, 0.6) is 0 Å². The van der Waals surface area contributed by atoms with Crippen LogP contribution in [0.2, 0.25) is 0 Å². The SMILES string of the molecule is C1=C(N(c2ccccc2)c2ccc3c(c2)c2cc(N(c4ccccc4)c4cccc5ccccc45)ccc2n3-c2ccc(N(c3ccccc3)c3cccc4ccccc34)cc2)c2ccccc2CC1. The fourth-order valence-electron chi connectivity index (χ4n) is 10.8. The second-order valence-corrected chi connectivity index (χ2v) is 18.0. The van der Waals surface area contributed by atoms with Crippen LogP contribution in [0.4, 0.5) is 45.5 Å². The van der Waals surface area contributed by atoms with E-state index in [9.17, 15) is 0 Å². The number of rotatable bonds is 10. The van der Waals surface area contributed by atoms with Gasteiger partial charge in [0.1, 0.15) is 0 Å². The first kappa shape index (κ1) is 41.1. The highest BCUT2D eigenvalue weighted by Crippen LogP contribution is 2.46. The Morgan fingerprint density at radius 2 is 0.743 bits per heavy atom. The smallest absolute Gasteiger partial charge is 0.0542 e. The van der Waals surface area contributed by atoms with Gasteiger partial charge >= 0.3 is 0 Å². The highest BCUT2D eigenvalue weighted by Gasteiger charge is 2.24. The van der Waals surface area contributed by atoms with Crippen LogP contribution in [-0.4, -0.2) is 4.57 Å². The molecule has 0 radical (unpaired) electrons. The molecule has 4 heteroatoms. The van der Waals surface area contributed by atoms with E-state index in [1.54, 1.807) is 0 Å². The van der Waals surface area contributed by atoms with Crippen molar-refractivity contribution in [3.05, 3.63) is 278 Å². The fraction of sp³-hybridized carbons (Fsp3) is 0.0303. The summed E-state index contributed by atoms with van der Waals surface area (Å²) in [6.45, 7) is 0. The van der Waals surface area contributed by atoms with Crippen molar-refractivity contribution in [2.75, 3.05) is 14.7 Å². The van der Waals surface area contributed by atoms with E-state index in [1.165, 1.54) is 49.1 Å². The van der Waals surface area contributed by atoms with Gasteiger partial charge in [0.25, 0.3) is 0 Å². The van der Waals surface area contributed by atoms with Crippen molar-refractivity contribution in [2.45, 2.75) is 12.8 Å². The molecule has 4 nitrogen and oxygen atoms in total. The lowest BCUT2D eigenvalue weighted by Gasteiger charge is -2.31. The van der Waals surface area contributed by atoms with Crippen LogP contribution in [-0.2, 0) is 6.42 Å². The topological polar surface area (TPSA) is 14.7 Å². The van der Waals surface area contributed by atoms with Gasteiger partial charge in [-0.2, -0.15) is 0 Å². The van der Waals surface area contributed by atoms with Crippen LogP contribution in [0.15, 0.2) is 267 Å². The molecule has 0 saturated heterocycles. The Labute approximate surface area is 408 Å². The van der Waals surface area contributed by atoms with Crippen LogP contribution in [0.25, 0.3) is 54.7 Å². The van der Waals surface area contributed by atoms with Crippen LogP contribution in [0.3, 0.4) is 0 Å². The van der Waals surface area contributed by atoms with Crippen LogP contribution < -0.4 is 14.7 Å². The Hall–Kier alpha value is -9.12. The molecule has 1 aliphatic carbocycles. The summed E-state index contributed by atoms with van der Waals surface area (Å²) in [4.78, 5) is 7.24. The third kappa shape index (κ3) is 7.17. The summed E-state index contributed by atoms with van der Waals surface area (Å²) in [6, 6.07) is 94.9. The quantitative estimate of drug-likeness (QED) is 0.136. The maximum absolute atomic E-state index is 2.46. The highest BCUT2D eigenvalue weighted by molar-refractivity contribution is 6.13. The maximum atomic E-state index is 2.46. The highest BCUT2D eigenvalue weighted by atomic mass is 15.2. The van der Waals surface area contributed by atoms with Gasteiger partial charge in [0.15, 0.2) is 0 Å². The van der Waals surface area contributed by atoms with Gasteiger partial charge in [-0.05, 0) is 138 Å². The molecule has 12 aromatic rings. The van der Waals surface area contributed by atoms with E-state index in [1.807, 2.05) is 0 Å². The van der Waals surface area contributed by atoms with Crippen molar-refractivity contribution >= 4 is 94.5 Å². The number of hydrogen-bond acceptors (Lipinski definition) is 3. The van der Waals surface area contributed by atoms with E-state index in [-0.39, 0.29) is 0 Å². The monoisotopic (exact) mass is 896 g/mol. The first-order chi connectivity index (χ1) is 34.7. The lowest BCUT2D eigenvalue weighted by atomic mass is 9.93. The number of nitrogens with zero attached hydrogens (tertiary/aromatic N) is 4. The van der Waals surface area contributed by atoms with Crippen molar-refractivity contribution in [2.24, 2.45) is 0 Å². The third-order valence-corrected chi connectivity index (χ3v) is 14.0. The Bertz CT molecular complexity index is 3880. The predicted octanol–water partition coefficient (Wildman–Crippen LogP) is 18.2. The number of hydrogen-bond donors (Lipinski definition) is 0. The number of allylic oxidation sites excluding steroid dienone is 1. The molecule has 0 atom stereocenters. The molecule has 1 aliphatic rings. The molecule has 0 unspecified atom stereocenters. The van der Waals surface area contributed by atoms with Gasteiger partial charge in [0, 0.05) is 72.6 Å². The van der Waals surface area contributed by atoms with Crippen LogP contribution in [0, 0.1) is 0 Å². The van der Waals surface area contributed by atoms with Crippen molar-refractivity contribution in [1.82, 2.24) is 4.57 Å². The zero-order chi connectivity index (χ0) is 46.4. The zero-order valence-corrected chi connectivity index (χ0v) is 38.6. The van der Waals surface area contributed by atoms with E-state index in [0.717, 1.165) is 75.1 Å². The number of aromatic nitrogens is 1. The third-order valence-electron chi connectivity index (χ3n) is 14.0. The summed E-state index contributed by atoms with van der Waals surface area (Å²) in [6.07, 6.45) is 4.44. The first-order valence-corrected chi connectivity index (χ1v) is 24.2. The minimum atomic E-state index is 0.988. The van der Waals surface area contributed by atoms with Crippen molar-refractivity contribution in [3.63, 3.8) is 0 Å². The van der Waals surface area contributed by atoms with Gasteiger partial charge in [-0.3, -0.25) is 0 Å². The molecule has 13 rings (SSSR count). The summed E-state index contributed by atoms with van der Waals surface area (Å²) in [5.74, 6) is 0. The number of para-hydroxylation sites is 3. The molecule has 1 heterocycles. The summed E-state index contributed by atoms with van der Waals surface area (Å²) in [5, 5.41) is 7.17. The summed E-state index contributed by atoms with van der Waals surface area (Å²) >= 11 is 0. The summed E-state index contributed by atoms with van der Waals surface area (Å²) < 4.78 is 2.44. The molecular weight excluding hydrogens is 849 g/mol. The predicted molar refractivity (Wildman–Crippen MR) is 296 cm³/mol. The molecule has 332 valence electrons. The lowest BCUT2D eigenvalue weighted by Crippen LogP contribution is -2.18. The van der Waals surface area contributed by atoms with E-state index in [4.69, 9.17) is 0 Å². The standard InChI is InChI=1S/C66H48N4/c1-4-25-50(26-5-1)67(62-34-16-22-47-19-10-13-31-57(47)62)53-37-39-54(40-38-53)70-65-43-41-55(68(51-27-6-2-7-28-51)63-35-17-23-48-20-11-14-32-58(48)63)45-60(65)61-46-56(42-44-66(61)70)69(52-29-8-3-9-30-52)64-36-18-24-49-21-12-15-33-59(49)64/h1-17,19-23,25-46H,18,24H2. The van der Waals surface area contributed by atoms with E-state index in [2.05, 4.69) is 286 Å². The van der Waals surface area contributed by atoms with Gasteiger partial charge in [-0.25, -0.2) is 0 Å². The number of fused-ring (bicyclic) bond motifs is 6. The average molecular weight is 897 g/mol. The summed E-state index contributed by atoms with van der Waals surface area (Å²) in [7, 11) is 0. The van der Waals surface area contributed by atoms with Gasteiger partial charge in [0.05, 0.1) is 22.4 Å². The lowest BCUT2D eigenvalue weighted by molar-refractivity contribution is 0.968. The Kier molecular flexibility index (Phi) is 10.3. The fourth-order valence-corrected chi connectivity index (χ4v) is 10.8. The van der Waals surface area contributed by atoms with E-state index >= 15 is 0 Å². The van der Waals surface area contributed by atoms with Crippen LogP contribution in [0.1, 0.15) is 17.5 Å². The Balaban J connectivity index is 1.03. The number of aryl methyl sites for hydroxylation is 1. The molecule has 1 aromatic heterocycles. The normalized spacial score (nSPS) is 12.3. The van der Waals surface area contributed by atoms with Gasteiger partial charge in [-0.15, -0.1) is 0 Å². The van der Waals surface area contributed by atoms with E-state index < -0.39 is 0 Å². The molecule has 0 spiro atoms. The van der Waals surface area contributed by atoms with Crippen molar-refractivity contribution in [3.8, 4) is 5.69 Å². The van der Waals surface area contributed by atoms with Gasteiger partial charge in [0.2, 0.25) is 0 Å². The van der Waals surface area contributed by atoms with Crippen LogP contribution >= 0.6 is 0 Å². The van der Waals surface area contributed by atoms with Gasteiger partial charge in [-0.1, -0.05) is 158 Å². The second-order valence-electron chi connectivity index (χ2n) is 18.0. The molecule has 0 amide bonds. The molecule has 0 saturated carbocycles. The maximum Gasteiger partial charge on any atom is 0.0542 e. The molecule has 0 fully saturated rings. The first-order valence-electron chi connectivity index (χ1n) is 24.2. The number of benzene rings is 11. The Morgan fingerprint density at radius 1 is 0.314 bits per heavy atom. The minimum Gasteiger partial charge on any atom is -0.310 e. The minimum absolute atomic E-state index is 0.988. The molecule has 11 aromatic carbocycles. The molecule has 0 N–H and O–H groups in total. The average Bonchev–Trinajstić information content (AvgIpc) is 3.75. The van der Waals surface area contributed by atoms with E-state index in [0.29, 0.717) is 0 Å². The number of anilines is 8. The summed E-state index contributed by atoms with van der Waals surface area (Å²) in [5.41, 5.74) is 16.2. The van der Waals surface area contributed by atoms with Crippen molar-refractivity contribution < 1.29 is 0 Å².